The average molecular weight is 234 g/mol. The summed E-state index contributed by atoms with van der Waals surface area (Å²) in [5.41, 5.74) is 0.562. The van der Waals surface area contributed by atoms with E-state index in [0.29, 0.717) is 5.69 Å². The van der Waals surface area contributed by atoms with Crippen LogP contribution in [-0.4, -0.2) is 18.5 Å². The monoisotopic (exact) mass is 234 g/mol. The van der Waals surface area contributed by atoms with Gasteiger partial charge in [-0.1, -0.05) is 12.8 Å². The summed E-state index contributed by atoms with van der Waals surface area (Å²) in [4.78, 5) is 11.5. The zero-order valence-electron chi connectivity index (χ0n) is 9.66. The Balaban J connectivity index is 2.40. The quantitative estimate of drug-likeness (QED) is 0.762. The Kier molecular flexibility index (Phi) is 5.18. The van der Waals surface area contributed by atoms with Crippen molar-refractivity contribution in [1.82, 2.24) is 5.32 Å². The first-order valence-corrected chi connectivity index (χ1v) is 5.40. The zero-order valence-corrected chi connectivity index (χ0v) is 9.66. The lowest BCUT2D eigenvalue weighted by molar-refractivity contribution is -0.115. The minimum absolute atomic E-state index is 0.103. The highest BCUT2D eigenvalue weighted by molar-refractivity contribution is 5.92. The third kappa shape index (κ3) is 4.66. The van der Waals surface area contributed by atoms with E-state index in [4.69, 9.17) is 6.42 Å². The van der Waals surface area contributed by atoms with Crippen molar-refractivity contribution in [2.24, 2.45) is 0 Å². The first-order valence-electron chi connectivity index (χ1n) is 5.40. The maximum atomic E-state index is 12.6. The van der Waals surface area contributed by atoms with Crippen LogP contribution in [0, 0.1) is 18.2 Å². The third-order valence-corrected chi connectivity index (χ3v) is 2.25. The van der Waals surface area contributed by atoms with Gasteiger partial charge in [0.05, 0.1) is 12.6 Å². The van der Waals surface area contributed by atoms with E-state index in [1.54, 1.807) is 0 Å². The molecule has 0 spiro atoms. The summed E-state index contributed by atoms with van der Waals surface area (Å²) < 4.78 is 12.6. The molecule has 3 nitrogen and oxygen atoms in total. The van der Waals surface area contributed by atoms with Crippen LogP contribution in [0.2, 0.25) is 0 Å². The van der Waals surface area contributed by atoms with Gasteiger partial charge >= 0.3 is 0 Å². The molecule has 2 N–H and O–H groups in total. The first kappa shape index (κ1) is 13.2. The molecule has 1 rings (SSSR count). The van der Waals surface area contributed by atoms with E-state index < -0.39 is 0 Å². The van der Waals surface area contributed by atoms with Gasteiger partial charge in [-0.05, 0) is 30.7 Å². The van der Waals surface area contributed by atoms with Crippen LogP contribution >= 0.6 is 0 Å². The largest absolute Gasteiger partial charge is 0.325 e. The summed E-state index contributed by atoms with van der Waals surface area (Å²) in [6.45, 7) is 2.08. The van der Waals surface area contributed by atoms with Crippen molar-refractivity contribution in [1.29, 1.82) is 0 Å². The third-order valence-electron chi connectivity index (χ3n) is 2.25. The molecular weight excluding hydrogens is 219 g/mol. The molecule has 0 aliphatic rings. The molecule has 0 saturated heterocycles. The maximum Gasteiger partial charge on any atom is 0.238 e. The predicted octanol–water partition coefficient (Wildman–Crippen LogP) is 1.77. The SMILES string of the molecule is C#CC(CC)NCC(=O)Nc1ccc(F)cc1. The minimum atomic E-state index is -0.334. The van der Waals surface area contributed by atoms with Crippen LogP contribution < -0.4 is 10.6 Å². The van der Waals surface area contributed by atoms with E-state index in [-0.39, 0.29) is 24.3 Å². The fourth-order valence-electron chi connectivity index (χ4n) is 1.28. The lowest BCUT2D eigenvalue weighted by atomic mass is 10.2. The fraction of sp³-hybridized carbons (Fsp3) is 0.308. The number of carbonyl (C=O) groups excluding carboxylic acids is 1. The molecule has 1 unspecified atom stereocenters. The van der Waals surface area contributed by atoms with Gasteiger partial charge in [0.15, 0.2) is 0 Å². The van der Waals surface area contributed by atoms with Crippen LogP contribution in [0.1, 0.15) is 13.3 Å². The lowest BCUT2D eigenvalue weighted by Gasteiger charge is -2.10. The summed E-state index contributed by atoms with van der Waals surface area (Å²) in [6.07, 6.45) is 6.02. The van der Waals surface area contributed by atoms with Gasteiger partial charge < -0.3 is 5.32 Å². The molecule has 0 heterocycles. The number of hydrogen-bond acceptors (Lipinski definition) is 2. The van der Waals surface area contributed by atoms with Crippen molar-refractivity contribution in [2.45, 2.75) is 19.4 Å². The van der Waals surface area contributed by atoms with E-state index in [2.05, 4.69) is 16.6 Å². The Hall–Kier alpha value is -1.86. The Morgan fingerprint density at radius 1 is 1.47 bits per heavy atom. The molecule has 1 amide bonds. The van der Waals surface area contributed by atoms with Crippen LogP contribution in [0.15, 0.2) is 24.3 Å². The van der Waals surface area contributed by atoms with Crippen molar-refractivity contribution >= 4 is 11.6 Å². The van der Waals surface area contributed by atoms with E-state index >= 15 is 0 Å². The van der Waals surface area contributed by atoms with Gasteiger partial charge in [0.2, 0.25) is 5.91 Å². The number of nitrogens with one attached hydrogen (secondary N) is 2. The van der Waals surface area contributed by atoms with Crippen molar-refractivity contribution in [2.75, 3.05) is 11.9 Å². The smallest absolute Gasteiger partial charge is 0.238 e. The molecule has 90 valence electrons. The topological polar surface area (TPSA) is 41.1 Å². The van der Waals surface area contributed by atoms with Gasteiger partial charge in [0.25, 0.3) is 0 Å². The predicted molar refractivity (Wildman–Crippen MR) is 65.9 cm³/mol. The lowest BCUT2D eigenvalue weighted by Crippen LogP contribution is -2.34. The molecule has 0 saturated carbocycles. The first-order chi connectivity index (χ1) is 8.15. The van der Waals surface area contributed by atoms with Gasteiger partial charge in [0.1, 0.15) is 5.82 Å². The summed E-state index contributed by atoms with van der Waals surface area (Å²) >= 11 is 0. The van der Waals surface area contributed by atoms with Crippen molar-refractivity contribution in [3.05, 3.63) is 30.1 Å². The van der Waals surface area contributed by atoms with Gasteiger partial charge in [0, 0.05) is 5.69 Å². The molecule has 1 aromatic carbocycles. The summed E-state index contributed by atoms with van der Waals surface area (Å²) in [5.74, 6) is 2.00. The van der Waals surface area contributed by atoms with Crippen molar-refractivity contribution in [3.8, 4) is 12.3 Å². The second kappa shape index (κ2) is 6.66. The number of hydrogen-bond donors (Lipinski definition) is 2. The molecule has 4 heteroatoms. The van der Waals surface area contributed by atoms with Crippen LogP contribution in [0.5, 0.6) is 0 Å². The Bertz CT molecular complexity index is 408. The van der Waals surface area contributed by atoms with E-state index in [9.17, 15) is 9.18 Å². The van der Waals surface area contributed by atoms with Crippen LogP contribution in [0.3, 0.4) is 0 Å². The van der Waals surface area contributed by atoms with E-state index in [1.165, 1.54) is 24.3 Å². The number of halogens is 1. The number of rotatable bonds is 5. The summed E-state index contributed by atoms with van der Waals surface area (Å²) in [7, 11) is 0. The molecule has 0 aliphatic carbocycles. The molecule has 0 bridgehead atoms. The Morgan fingerprint density at radius 3 is 2.65 bits per heavy atom. The van der Waals surface area contributed by atoms with E-state index in [0.717, 1.165) is 6.42 Å². The number of amides is 1. The molecule has 0 radical (unpaired) electrons. The summed E-state index contributed by atoms with van der Waals surface area (Å²) in [5, 5.41) is 5.56. The second-order valence-electron chi connectivity index (χ2n) is 3.56. The Labute approximate surface area is 100 Å². The fourth-order valence-corrected chi connectivity index (χ4v) is 1.28. The normalized spacial score (nSPS) is 11.6. The molecule has 1 atom stereocenters. The number of carbonyl (C=O) groups is 1. The van der Waals surface area contributed by atoms with Gasteiger partial charge in [-0.15, -0.1) is 6.42 Å². The van der Waals surface area contributed by atoms with Gasteiger partial charge in [-0.25, -0.2) is 4.39 Å². The minimum Gasteiger partial charge on any atom is -0.325 e. The molecular formula is C13H15FN2O. The number of terminal acetylenes is 1. The second-order valence-corrected chi connectivity index (χ2v) is 3.56. The zero-order chi connectivity index (χ0) is 12.7. The van der Waals surface area contributed by atoms with E-state index in [1.807, 2.05) is 6.92 Å². The van der Waals surface area contributed by atoms with Crippen LogP contribution in [0.4, 0.5) is 10.1 Å². The molecule has 1 aromatic rings. The number of benzene rings is 1. The molecule has 17 heavy (non-hydrogen) atoms. The maximum absolute atomic E-state index is 12.6. The van der Waals surface area contributed by atoms with Crippen LogP contribution in [0.25, 0.3) is 0 Å². The highest BCUT2D eigenvalue weighted by Crippen LogP contribution is 2.07. The van der Waals surface area contributed by atoms with Crippen LogP contribution in [-0.2, 0) is 4.79 Å². The molecule has 0 aliphatic heterocycles. The highest BCUT2D eigenvalue weighted by atomic mass is 19.1. The van der Waals surface area contributed by atoms with Gasteiger partial charge in [-0.2, -0.15) is 0 Å². The molecule has 0 fully saturated rings. The van der Waals surface area contributed by atoms with Crippen molar-refractivity contribution in [3.63, 3.8) is 0 Å². The standard InChI is InChI=1S/C13H15FN2O/c1-3-11(4-2)15-9-13(17)16-12-7-5-10(14)6-8-12/h1,5-8,11,15H,4,9H2,2H3,(H,16,17). The highest BCUT2D eigenvalue weighted by Gasteiger charge is 2.05. The summed E-state index contributed by atoms with van der Waals surface area (Å²) in [6, 6.07) is 5.49. The Morgan fingerprint density at radius 2 is 2.12 bits per heavy atom. The average Bonchev–Trinajstić information content (AvgIpc) is 2.33. The molecule has 0 aromatic heterocycles. The van der Waals surface area contributed by atoms with Gasteiger partial charge in [-0.3, -0.25) is 10.1 Å². The number of anilines is 1. The van der Waals surface area contributed by atoms with Crippen molar-refractivity contribution < 1.29 is 9.18 Å².